The average Bonchev–Trinajstić information content (AvgIpc) is 2.72. The smallest absolute Gasteiger partial charge is 0.274 e. The number of aromatic amines is 1. The fourth-order valence-corrected chi connectivity index (χ4v) is 1.50. The van der Waals surface area contributed by atoms with Gasteiger partial charge >= 0.3 is 0 Å². The molecule has 18 heavy (non-hydrogen) atoms. The van der Waals surface area contributed by atoms with Crippen LogP contribution in [0, 0.1) is 0 Å². The van der Waals surface area contributed by atoms with Gasteiger partial charge in [0.2, 0.25) is 5.96 Å². The third-order valence-corrected chi connectivity index (χ3v) is 2.21. The second-order valence-corrected chi connectivity index (χ2v) is 3.38. The fraction of sp³-hybridized carbons (Fsp3) is 0.0909. The predicted molar refractivity (Wildman–Crippen MR) is 71.6 cm³/mol. The van der Waals surface area contributed by atoms with Crippen molar-refractivity contribution in [3.63, 3.8) is 0 Å². The minimum Gasteiger partial charge on any atom is -0.396 e. The molecule has 1 amide bonds. The number of para-hydroxylation sites is 1. The van der Waals surface area contributed by atoms with E-state index in [9.17, 15) is 4.79 Å². The Morgan fingerprint density at radius 3 is 2.83 bits per heavy atom. The lowest BCUT2D eigenvalue weighted by Crippen LogP contribution is -2.36. The first kappa shape index (κ1) is 13.9. The van der Waals surface area contributed by atoms with E-state index in [1.807, 2.05) is 24.3 Å². The number of guanidine groups is 1. The molecular formula is C11H13ClN4O2. The highest BCUT2D eigenvalue weighted by atomic mass is 35.5. The van der Waals surface area contributed by atoms with Crippen LogP contribution in [0.1, 0.15) is 10.5 Å². The van der Waals surface area contributed by atoms with E-state index in [0.29, 0.717) is 5.69 Å². The molecule has 4 N–H and O–H groups in total. The van der Waals surface area contributed by atoms with Crippen LogP contribution in [0.15, 0.2) is 35.5 Å². The maximum absolute atomic E-state index is 11.7. The van der Waals surface area contributed by atoms with Crippen molar-refractivity contribution in [3.8, 4) is 0 Å². The van der Waals surface area contributed by atoms with Gasteiger partial charge in [-0.1, -0.05) is 18.2 Å². The van der Waals surface area contributed by atoms with Gasteiger partial charge in [0.15, 0.2) is 0 Å². The molecule has 0 unspecified atom stereocenters. The van der Waals surface area contributed by atoms with Crippen molar-refractivity contribution in [1.82, 2.24) is 10.3 Å². The summed E-state index contributed by atoms with van der Waals surface area (Å²) in [5.41, 5.74) is 6.70. The Balaban J connectivity index is 0.00000162. The highest BCUT2D eigenvalue weighted by molar-refractivity contribution is 6.06. The van der Waals surface area contributed by atoms with Crippen molar-refractivity contribution in [3.05, 3.63) is 36.0 Å². The molecule has 2 rings (SSSR count). The zero-order chi connectivity index (χ0) is 12.3. The van der Waals surface area contributed by atoms with Crippen molar-refractivity contribution < 1.29 is 9.63 Å². The quantitative estimate of drug-likeness (QED) is 0.434. The van der Waals surface area contributed by atoms with E-state index in [0.717, 1.165) is 10.9 Å². The lowest BCUT2D eigenvalue weighted by atomic mass is 10.2. The summed E-state index contributed by atoms with van der Waals surface area (Å²) < 4.78 is 0. The highest BCUT2D eigenvalue weighted by Gasteiger charge is 2.10. The van der Waals surface area contributed by atoms with Crippen molar-refractivity contribution in [1.29, 1.82) is 0 Å². The van der Waals surface area contributed by atoms with Crippen LogP contribution in [0.25, 0.3) is 10.9 Å². The molecule has 7 heteroatoms. The molecule has 2 aromatic rings. The number of oxime groups is 1. The number of carbonyl (C=O) groups excluding carboxylic acids is 1. The number of halogens is 1. The Morgan fingerprint density at radius 2 is 2.17 bits per heavy atom. The van der Waals surface area contributed by atoms with E-state index in [1.165, 1.54) is 7.11 Å². The summed E-state index contributed by atoms with van der Waals surface area (Å²) in [6.07, 6.45) is 0. The summed E-state index contributed by atoms with van der Waals surface area (Å²) in [4.78, 5) is 19.2. The van der Waals surface area contributed by atoms with Gasteiger partial charge < -0.3 is 15.6 Å². The van der Waals surface area contributed by atoms with Crippen LogP contribution >= 0.6 is 12.4 Å². The van der Waals surface area contributed by atoms with Gasteiger partial charge in [0, 0.05) is 10.9 Å². The average molecular weight is 269 g/mol. The van der Waals surface area contributed by atoms with Crippen LogP contribution in [0.4, 0.5) is 0 Å². The van der Waals surface area contributed by atoms with Crippen molar-refractivity contribution in [2.45, 2.75) is 0 Å². The number of nitrogens with one attached hydrogen (secondary N) is 2. The minimum atomic E-state index is -0.362. The molecule has 0 aliphatic rings. The number of nitrogens with two attached hydrogens (primary N) is 1. The standard InChI is InChI=1S/C11H12N4O2.ClH/c1-17-15-11(12)14-10(16)9-6-7-4-2-3-5-8(7)13-9;/h2-6,13H,1H3,(H3,12,14,15,16);1H. The largest absolute Gasteiger partial charge is 0.396 e. The number of rotatable bonds is 2. The molecule has 0 bridgehead atoms. The SMILES string of the molecule is CO/N=C(\N)NC(=O)c1cc2ccccc2[nH]1.Cl. The summed E-state index contributed by atoms with van der Waals surface area (Å²) in [6.45, 7) is 0. The molecule has 96 valence electrons. The van der Waals surface area contributed by atoms with Crippen molar-refractivity contribution >= 4 is 35.2 Å². The van der Waals surface area contributed by atoms with Crippen LogP contribution in [0.3, 0.4) is 0 Å². The molecule has 0 fully saturated rings. The summed E-state index contributed by atoms with van der Waals surface area (Å²) >= 11 is 0. The first-order valence-corrected chi connectivity index (χ1v) is 4.96. The van der Waals surface area contributed by atoms with Gasteiger partial charge in [-0.15, -0.1) is 12.4 Å². The Labute approximate surface area is 110 Å². The van der Waals surface area contributed by atoms with Gasteiger partial charge in [0.1, 0.15) is 12.8 Å². The lowest BCUT2D eigenvalue weighted by molar-refractivity contribution is 0.0970. The maximum atomic E-state index is 11.7. The van der Waals surface area contributed by atoms with E-state index in [4.69, 9.17) is 5.73 Å². The molecular weight excluding hydrogens is 256 g/mol. The number of amides is 1. The first-order chi connectivity index (χ1) is 8.20. The normalized spacial score (nSPS) is 10.8. The second kappa shape index (κ2) is 5.92. The van der Waals surface area contributed by atoms with Gasteiger partial charge in [-0.3, -0.25) is 10.1 Å². The number of benzene rings is 1. The lowest BCUT2D eigenvalue weighted by Gasteiger charge is -2.00. The molecule has 0 spiro atoms. The van der Waals surface area contributed by atoms with Crippen molar-refractivity contribution in [2.24, 2.45) is 10.9 Å². The van der Waals surface area contributed by atoms with Gasteiger partial charge in [-0.05, 0) is 17.3 Å². The minimum absolute atomic E-state index is 0. The number of H-pyrrole nitrogens is 1. The zero-order valence-corrected chi connectivity index (χ0v) is 10.5. The van der Waals surface area contributed by atoms with Gasteiger partial charge in [0.05, 0.1) is 0 Å². The zero-order valence-electron chi connectivity index (χ0n) is 9.64. The number of hydrogen-bond donors (Lipinski definition) is 3. The van der Waals surface area contributed by atoms with E-state index in [-0.39, 0.29) is 24.3 Å². The van der Waals surface area contributed by atoms with E-state index < -0.39 is 0 Å². The molecule has 0 saturated heterocycles. The number of aromatic nitrogens is 1. The highest BCUT2D eigenvalue weighted by Crippen LogP contribution is 2.14. The molecule has 6 nitrogen and oxygen atoms in total. The van der Waals surface area contributed by atoms with E-state index in [2.05, 4.69) is 20.3 Å². The molecule has 0 aliphatic heterocycles. The van der Waals surface area contributed by atoms with Gasteiger partial charge in [-0.25, -0.2) is 0 Å². The predicted octanol–water partition coefficient (Wildman–Crippen LogP) is 1.20. The first-order valence-electron chi connectivity index (χ1n) is 4.96. The Kier molecular flexibility index (Phi) is 4.56. The monoisotopic (exact) mass is 268 g/mol. The number of carbonyl (C=O) groups is 1. The summed E-state index contributed by atoms with van der Waals surface area (Å²) in [5, 5.41) is 6.74. The number of nitrogens with zero attached hydrogens (tertiary/aromatic N) is 1. The van der Waals surface area contributed by atoms with Gasteiger partial charge in [0.25, 0.3) is 5.91 Å². The van der Waals surface area contributed by atoms with Crippen LogP contribution in [-0.2, 0) is 4.84 Å². The number of fused-ring (bicyclic) bond motifs is 1. The summed E-state index contributed by atoms with van der Waals surface area (Å²) in [6, 6.07) is 9.33. The summed E-state index contributed by atoms with van der Waals surface area (Å²) in [7, 11) is 1.35. The van der Waals surface area contributed by atoms with Crippen LogP contribution in [0.5, 0.6) is 0 Å². The molecule has 1 heterocycles. The van der Waals surface area contributed by atoms with E-state index >= 15 is 0 Å². The third-order valence-electron chi connectivity index (χ3n) is 2.21. The second-order valence-electron chi connectivity index (χ2n) is 3.38. The molecule has 0 aliphatic carbocycles. The molecule has 0 saturated carbocycles. The summed E-state index contributed by atoms with van der Waals surface area (Å²) in [5.74, 6) is -0.448. The van der Waals surface area contributed by atoms with Crippen LogP contribution in [-0.4, -0.2) is 24.0 Å². The van der Waals surface area contributed by atoms with Crippen LogP contribution < -0.4 is 11.1 Å². The van der Waals surface area contributed by atoms with Crippen LogP contribution in [0.2, 0.25) is 0 Å². The van der Waals surface area contributed by atoms with Crippen molar-refractivity contribution in [2.75, 3.05) is 7.11 Å². The Morgan fingerprint density at radius 1 is 1.44 bits per heavy atom. The molecule has 0 radical (unpaired) electrons. The topological polar surface area (TPSA) is 92.5 Å². The molecule has 1 aromatic carbocycles. The Bertz CT molecular complexity index is 546. The maximum Gasteiger partial charge on any atom is 0.274 e. The van der Waals surface area contributed by atoms with E-state index in [1.54, 1.807) is 6.07 Å². The molecule has 1 aromatic heterocycles. The van der Waals surface area contributed by atoms with Gasteiger partial charge in [-0.2, -0.15) is 0 Å². The molecule has 0 atom stereocenters. The third kappa shape index (κ3) is 2.92. The fourth-order valence-electron chi connectivity index (χ4n) is 1.50. The Hall–Kier alpha value is -2.21. The number of hydrogen-bond acceptors (Lipinski definition) is 3.